The van der Waals surface area contributed by atoms with E-state index < -0.39 is 13.8 Å². The van der Waals surface area contributed by atoms with Gasteiger partial charge < -0.3 is 4.74 Å². The quantitative estimate of drug-likeness (QED) is 0.706. The van der Waals surface area contributed by atoms with Crippen molar-refractivity contribution < 1.29 is 13.2 Å². The Morgan fingerprint density at radius 1 is 1.27 bits per heavy atom. The molecule has 0 aromatic carbocycles. The molecule has 0 unspecified atom stereocenters. The molecule has 15 heavy (non-hydrogen) atoms. The van der Waals surface area contributed by atoms with Gasteiger partial charge in [0.15, 0.2) is 0 Å². The minimum absolute atomic E-state index is 0.360. The van der Waals surface area contributed by atoms with E-state index in [1.54, 1.807) is 0 Å². The summed E-state index contributed by atoms with van der Waals surface area (Å²) in [6, 6.07) is 0. The van der Waals surface area contributed by atoms with E-state index in [0.29, 0.717) is 32.0 Å². The largest absolute Gasteiger partial charge is 0.378 e. The van der Waals surface area contributed by atoms with Gasteiger partial charge in [-0.1, -0.05) is 12.8 Å². The van der Waals surface area contributed by atoms with Gasteiger partial charge in [-0.05, 0) is 32.1 Å². The first kappa shape index (κ1) is 11.7. The third-order valence-corrected chi connectivity index (χ3v) is 6.17. The van der Waals surface area contributed by atoms with E-state index in [2.05, 4.69) is 0 Å². The first-order valence-corrected chi connectivity index (χ1v) is 7.90. The highest BCUT2D eigenvalue weighted by Crippen LogP contribution is 2.48. The van der Waals surface area contributed by atoms with Crippen LogP contribution in [-0.4, -0.2) is 25.9 Å². The molecule has 2 saturated carbocycles. The smallest absolute Gasteiger partial charge is 0.238 e. The Kier molecular flexibility index (Phi) is 3.29. The summed E-state index contributed by atoms with van der Waals surface area (Å²) in [5.41, 5.74) is 0. The number of halogens is 1. The molecule has 2 fully saturated rings. The molecule has 0 radical (unpaired) electrons. The second-order valence-electron chi connectivity index (χ2n) is 4.65. The van der Waals surface area contributed by atoms with Crippen molar-refractivity contribution in [3.05, 3.63) is 0 Å². The van der Waals surface area contributed by atoms with E-state index in [1.807, 2.05) is 0 Å². The molecular weight excluding hydrogens is 236 g/mol. The Morgan fingerprint density at radius 2 is 1.87 bits per heavy atom. The van der Waals surface area contributed by atoms with E-state index in [4.69, 9.17) is 15.4 Å². The van der Waals surface area contributed by atoms with Crippen molar-refractivity contribution in [2.75, 3.05) is 6.61 Å². The van der Waals surface area contributed by atoms with E-state index >= 15 is 0 Å². The van der Waals surface area contributed by atoms with Crippen LogP contribution in [0.3, 0.4) is 0 Å². The molecule has 0 aliphatic heterocycles. The molecule has 5 heteroatoms. The van der Waals surface area contributed by atoms with E-state index in [0.717, 1.165) is 12.8 Å². The average molecular weight is 253 g/mol. The molecule has 3 nitrogen and oxygen atoms in total. The minimum Gasteiger partial charge on any atom is -0.378 e. The molecule has 2 rings (SSSR count). The van der Waals surface area contributed by atoms with Crippen LogP contribution >= 0.6 is 10.7 Å². The SMILES string of the molecule is O=S(=O)(Cl)C1(CCOC2CCCC2)CC1. The van der Waals surface area contributed by atoms with Gasteiger partial charge in [0.1, 0.15) is 0 Å². The van der Waals surface area contributed by atoms with Gasteiger partial charge >= 0.3 is 0 Å². The molecule has 2 aliphatic rings. The predicted molar refractivity (Wildman–Crippen MR) is 59.6 cm³/mol. The Labute approximate surface area is 95.6 Å². The van der Waals surface area contributed by atoms with Gasteiger partial charge in [-0.2, -0.15) is 0 Å². The molecule has 0 heterocycles. The van der Waals surface area contributed by atoms with Crippen LogP contribution in [0.5, 0.6) is 0 Å². The van der Waals surface area contributed by atoms with E-state index in [-0.39, 0.29) is 0 Å². The minimum atomic E-state index is -3.39. The molecule has 0 aromatic rings. The Hall–Kier alpha value is 0.200. The maximum Gasteiger partial charge on any atom is 0.238 e. The lowest BCUT2D eigenvalue weighted by atomic mass is 10.3. The second kappa shape index (κ2) is 4.22. The van der Waals surface area contributed by atoms with Crippen LogP contribution in [0, 0.1) is 0 Å². The molecule has 0 spiro atoms. The first-order valence-electron chi connectivity index (χ1n) is 5.59. The third-order valence-electron chi connectivity index (χ3n) is 3.54. The van der Waals surface area contributed by atoms with Crippen LogP contribution in [0.1, 0.15) is 44.9 Å². The van der Waals surface area contributed by atoms with Crippen molar-refractivity contribution in [1.82, 2.24) is 0 Å². The standard InChI is InChI=1S/C10H17ClO3S/c11-15(12,13)10(5-6-10)7-8-14-9-3-1-2-4-9/h9H,1-8H2. The van der Waals surface area contributed by atoms with Crippen LogP contribution in [0.25, 0.3) is 0 Å². The summed E-state index contributed by atoms with van der Waals surface area (Å²) in [4.78, 5) is 0. The normalized spacial score (nSPS) is 25.7. The zero-order chi connectivity index (χ0) is 10.9. The molecule has 0 bridgehead atoms. The molecule has 0 aromatic heterocycles. The van der Waals surface area contributed by atoms with Crippen molar-refractivity contribution in [2.24, 2.45) is 0 Å². The summed E-state index contributed by atoms with van der Waals surface area (Å²) >= 11 is 0. The van der Waals surface area contributed by atoms with Crippen LogP contribution in [0.4, 0.5) is 0 Å². The van der Waals surface area contributed by atoms with Gasteiger partial charge in [-0.15, -0.1) is 0 Å². The maximum absolute atomic E-state index is 11.3. The summed E-state index contributed by atoms with van der Waals surface area (Å²) in [7, 11) is 2.00. The number of rotatable bonds is 5. The van der Waals surface area contributed by atoms with Crippen LogP contribution < -0.4 is 0 Å². The monoisotopic (exact) mass is 252 g/mol. The first-order chi connectivity index (χ1) is 7.04. The average Bonchev–Trinajstić information content (AvgIpc) is 2.75. The van der Waals surface area contributed by atoms with Gasteiger partial charge in [0.25, 0.3) is 0 Å². The molecular formula is C10H17ClO3S. The van der Waals surface area contributed by atoms with Crippen molar-refractivity contribution in [3.63, 3.8) is 0 Å². The van der Waals surface area contributed by atoms with Crippen LogP contribution in [-0.2, 0) is 13.8 Å². The van der Waals surface area contributed by atoms with E-state index in [1.165, 1.54) is 12.8 Å². The van der Waals surface area contributed by atoms with Gasteiger partial charge in [0.2, 0.25) is 9.05 Å². The molecule has 2 aliphatic carbocycles. The fraction of sp³-hybridized carbons (Fsp3) is 1.00. The predicted octanol–water partition coefficient (Wildman–Crippen LogP) is 2.44. The highest BCUT2D eigenvalue weighted by Gasteiger charge is 2.53. The lowest BCUT2D eigenvalue weighted by Crippen LogP contribution is -2.21. The lowest BCUT2D eigenvalue weighted by Gasteiger charge is -2.14. The molecule has 0 atom stereocenters. The Morgan fingerprint density at radius 3 is 2.33 bits per heavy atom. The lowest BCUT2D eigenvalue weighted by molar-refractivity contribution is 0.0555. The van der Waals surface area contributed by atoms with Crippen LogP contribution in [0.2, 0.25) is 0 Å². The van der Waals surface area contributed by atoms with Gasteiger partial charge in [-0.3, -0.25) is 0 Å². The molecule has 0 saturated heterocycles. The zero-order valence-corrected chi connectivity index (χ0v) is 10.3. The van der Waals surface area contributed by atoms with Crippen LogP contribution in [0.15, 0.2) is 0 Å². The van der Waals surface area contributed by atoms with Crippen molar-refractivity contribution in [3.8, 4) is 0 Å². The van der Waals surface area contributed by atoms with Crippen molar-refractivity contribution >= 4 is 19.7 Å². The van der Waals surface area contributed by atoms with Gasteiger partial charge in [0, 0.05) is 17.3 Å². The number of hydrogen-bond donors (Lipinski definition) is 0. The van der Waals surface area contributed by atoms with Gasteiger partial charge in [-0.25, -0.2) is 8.42 Å². The fourth-order valence-corrected chi connectivity index (χ4v) is 3.83. The summed E-state index contributed by atoms with van der Waals surface area (Å²) in [6.07, 6.45) is 7.06. The number of ether oxygens (including phenoxy) is 1. The Bertz CT molecular complexity index is 316. The summed E-state index contributed by atoms with van der Waals surface area (Å²) < 4.78 is 27.5. The molecule has 88 valence electrons. The van der Waals surface area contributed by atoms with E-state index in [9.17, 15) is 8.42 Å². The zero-order valence-electron chi connectivity index (χ0n) is 8.75. The summed E-state index contributed by atoms with van der Waals surface area (Å²) in [5, 5.41) is 0. The van der Waals surface area contributed by atoms with Crippen molar-refractivity contribution in [2.45, 2.75) is 55.8 Å². The topological polar surface area (TPSA) is 43.4 Å². The summed E-state index contributed by atoms with van der Waals surface area (Å²) in [5.74, 6) is 0. The second-order valence-corrected chi connectivity index (χ2v) is 7.61. The third kappa shape index (κ3) is 2.66. The number of hydrogen-bond acceptors (Lipinski definition) is 3. The Balaban J connectivity index is 1.74. The molecule has 0 N–H and O–H groups in total. The highest BCUT2D eigenvalue weighted by molar-refractivity contribution is 8.15. The highest BCUT2D eigenvalue weighted by atomic mass is 35.7. The van der Waals surface area contributed by atoms with Gasteiger partial charge in [0.05, 0.1) is 10.9 Å². The summed E-state index contributed by atoms with van der Waals surface area (Å²) in [6.45, 7) is 0.538. The van der Waals surface area contributed by atoms with Crippen molar-refractivity contribution in [1.29, 1.82) is 0 Å². The fourth-order valence-electron chi connectivity index (χ4n) is 2.22. The maximum atomic E-state index is 11.3. The molecule has 0 amide bonds.